The lowest BCUT2D eigenvalue weighted by Crippen LogP contribution is -2.06. The molecule has 6 heteroatoms. The van der Waals surface area contributed by atoms with Crippen LogP contribution in [0.4, 0.5) is 0 Å². The third-order valence-electron chi connectivity index (χ3n) is 2.80. The second-order valence-electron chi connectivity index (χ2n) is 4.50. The number of carbonyl (C=O) groups excluding carboxylic acids is 1. The molecule has 0 heterocycles. The molecule has 0 aliphatic carbocycles. The maximum atomic E-state index is 11.8. The van der Waals surface area contributed by atoms with Crippen LogP contribution in [0.3, 0.4) is 0 Å². The molecule has 0 aliphatic heterocycles. The molecule has 2 rings (SSSR count). The minimum atomic E-state index is -3.27. The van der Waals surface area contributed by atoms with Gasteiger partial charge in [0.05, 0.1) is 10.5 Å². The van der Waals surface area contributed by atoms with Crippen molar-refractivity contribution in [2.45, 2.75) is 11.5 Å². The third kappa shape index (κ3) is 4.31. The molecule has 2 aromatic carbocycles. The van der Waals surface area contributed by atoms with Crippen LogP contribution >= 0.6 is 11.6 Å². The number of carbonyl (C=O) groups is 1. The Morgan fingerprint density at radius 1 is 1.05 bits per heavy atom. The van der Waals surface area contributed by atoms with E-state index in [2.05, 4.69) is 0 Å². The highest BCUT2D eigenvalue weighted by molar-refractivity contribution is 7.90. The summed E-state index contributed by atoms with van der Waals surface area (Å²) in [4.78, 5) is 12.0. The van der Waals surface area contributed by atoms with E-state index in [1.807, 2.05) is 0 Å². The fourth-order valence-corrected chi connectivity index (χ4v) is 2.41. The van der Waals surface area contributed by atoms with Gasteiger partial charge < -0.3 is 4.74 Å². The third-order valence-corrected chi connectivity index (χ3v) is 4.18. The normalized spacial score (nSPS) is 11.1. The molecule has 4 nitrogen and oxygen atoms in total. The lowest BCUT2D eigenvalue weighted by Gasteiger charge is -2.06. The molecule has 2 aromatic rings. The maximum Gasteiger partial charge on any atom is 0.338 e. The van der Waals surface area contributed by atoms with E-state index in [1.54, 1.807) is 24.3 Å². The van der Waals surface area contributed by atoms with Crippen LogP contribution in [0.1, 0.15) is 15.9 Å². The summed E-state index contributed by atoms with van der Waals surface area (Å²) in [6, 6.07) is 12.6. The van der Waals surface area contributed by atoms with E-state index in [1.165, 1.54) is 24.3 Å². The van der Waals surface area contributed by atoms with Crippen molar-refractivity contribution >= 4 is 27.4 Å². The Hall–Kier alpha value is -1.85. The average Bonchev–Trinajstić information content (AvgIpc) is 2.45. The van der Waals surface area contributed by atoms with Crippen molar-refractivity contribution in [2.24, 2.45) is 0 Å². The van der Waals surface area contributed by atoms with Gasteiger partial charge in [-0.25, -0.2) is 13.2 Å². The smallest absolute Gasteiger partial charge is 0.338 e. The van der Waals surface area contributed by atoms with Crippen molar-refractivity contribution in [3.8, 4) is 0 Å². The van der Waals surface area contributed by atoms with E-state index in [0.29, 0.717) is 10.6 Å². The molecule has 0 saturated carbocycles. The minimum absolute atomic E-state index is 0.129. The number of hydrogen-bond donors (Lipinski definition) is 0. The van der Waals surface area contributed by atoms with Gasteiger partial charge in [0, 0.05) is 11.3 Å². The Bertz CT molecular complexity index is 734. The first-order chi connectivity index (χ1) is 9.86. The number of hydrogen-bond acceptors (Lipinski definition) is 4. The Labute approximate surface area is 128 Å². The lowest BCUT2D eigenvalue weighted by molar-refractivity contribution is 0.0472. The molecule has 21 heavy (non-hydrogen) atoms. The highest BCUT2D eigenvalue weighted by Gasteiger charge is 2.11. The number of halogens is 1. The molecule has 110 valence electrons. The van der Waals surface area contributed by atoms with Gasteiger partial charge in [0.2, 0.25) is 0 Å². The Balaban J connectivity index is 2.02. The van der Waals surface area contributed by atoms with E-state index < -0.39 is 15.8 Å². The lowest BCUT2D eigenvalue weighted by atomic mass is 10.2. The van der Waals surface area contributed by atoms with E-state index in [9.17, 15) is 13.2 Å². The standard InChI is InChI=1S/C15H13ClO4S/c1-21(18,19)14-8-4-12(5-9-14)15(17)20-10-11-2-6-13(16)7-3-11/h2-9H,10H2,1H3. The van der Waals surface area contributed by atoms with Crippen LogP contribution in [-0.2, 0) is 21.2 Å². The Morgan fingerprint density at radius 3 is 2.14 bits per heavy atom. The van der Waals surface area contributed by atoms with Gasteiger partial charge in [-0.05, 0) is 42.0 Å². The summed E-state index contributed by atoms with van der Waals surface area (Å²) >= 11 is 5.77. The Kier molecular flexibility index (Phi) is 4.65. The molecule has 0 saturated heterocycles. The molecular weight excluding hydrogens is 312 g/mol. The van der Waals surface area contributed by atoms with Crippen LogP contribution in [0.2, 0.25) is 5.02 Å². The van der Waals surface area contributed by atoms with Crippen LogP contribution in [-0.4, -0.2) is 20.6 Å². The SMILES string of the molecule is CS(=O)(=O)c1ccc(C(=O)OCc2ccc(Cl)cc2)cc1. The number of esters is 1. The highest BCUT2D eigenvalue weighted by atomic mass is 35.5. The zero-order valence-corrected chi connectivity index (χ0v) is 12.8. The fraction of sp³-hybridized carbons (Fsp3) is 0.133. The topological polar surface area (TPSA) is 60.4 Å². The molecule has 0 bridgehead atoms. The average molecular weight is 325 g/mol. The van der Waals surface area contributed by atoms with Crippen LogP contribution in [0.5, 0.6) is 0 Å². The van der Waals surface area contributed by atoms with Gasteiger partial charge in [-0.3, -0.25) is 0 Å². The second-order valence-corrected chi connectivity index (χ2v) is 6.95. The summed E-state index contributed by atoms with van der Waals surface area (Å²) in [6.45, 7) is 0.129. The Morgan fingerprint density at radius 2 is 1.62 bits per heavy atom. The summed E-state index contributed by atoms with van der Waals surface area (Å²) in [6.07, 6.45) is 1.11. The van der Waals surface area contributed by atoms with Gasteiger partial charge in [0.15, 0.2) is 9.84 Å². The van der Waals surface area contributed by atoms with Gasteiger partial charge in [0.1, 0.15) is 6.61 Å². The molecule has 0 fully saturated rings. The predicted octanol–water partition coefficient (Wildman–Crippen LogP) is 3.10. The van der Waals surface area contributed by atoms with Crippen molar-refractivity contribution in [3.05, 3.63) is 64.7 Å². The number of benzene rings is 2. The van der Waals surface area contributed by atoms with Crippen molar-refractivity contribution in [2.75, 3.05) is 6.26 Å². The first-order valence-corrected chi connectivity index (χ1v) is 8.35. The summed E-state index contributed by atoms with van der Waals surface area (Å²) in [5, 5.41) is 0.612. The fourth-order valence-electron chi connectivity index (χ4n) is 1.65. The number of sulfone groups is 1. The van der Waals surface area contributed by atoms with Crippen molar-refractivity contribution in [1.82, 2.24) is 0 Å². The van der Waals surface area contributed by atoms with Gasteiger partial charge in [-0.1, -0.05) is 23.7 Å². The largest absolute Gasteiger partial charge is 0.457 e. The van der Waals surface area contributed by atoms with Crippen molar-refractivity contribution < 1.29 is 17.9 Å². The van der Waals surface area contributed by atoms with Gasteiger partial charge in [-0.15, -0.1) is 0 Å². The summed E-state index contributed by atoms with van der Waals surface area (Å²) in [7, 11) is -3.27. The first kappa shape index (κ1) is 15.5. The van der Waals surface area contributed by atoms with Crippen LogP contribution < -0.4 is 0 Å². The second kappa shape index (κ2) is 6.28. The monoisotopic (exact) mass is 324 g/mol. The van der Waals surface area contributed by atoms with Gasteiger partial charge in [0.25, 0.3) is 0 Å². The van der Waals surface area contributed by atoms with Gasteiger partial charge >= 0.3 is 5.97 Å². The molecule has 0 unspecified atom stereocenters. The van der Waals surface area contributed by atoms with E-state index in [0.717, 1.165) is 11.8 Å². The first-order valence-electron chi connectivity index (χ1n) is 6.08. The van der Waals surface area contributed by atoms with Gasteiger partial charge in [-0.2, -0.15) is 0 Å². The minimum Gasteiger partial charge on any atom is -0.457 e. The van der Waals surface area contributed by atoms with E-state index >= 15 is 0 Å². The summed E-state index contributed by atoms with van der Waals surface area (Å²) < 4.78 is 27.8. The highest BCUT2D eigenvalue weighted by Crippen LogP contribution is 2.13. The number of ether oxygens (including phenoxy) is 1. The molecule has 0 N–H and O–H groups in total. The molecule has 0 amide bonds. The zero-order chi connectivity index (χ0) is 15.5. The van der Waals surface area contributed by atoms with Crippen molar-refractivity contribution in [1.29, 1.82) is 0 Å². The summed E-state index contributed by atoms with van der Waals surface area (Å²) in [5.41, 5.74) is 1.12. The van der Waals surface area contributed by atoms with E-state index in [-0.39, 0.29) is 11.5 Å². The maximum absolute atomic E-state index is 11.8. The quantitative estimate of drug-likeness (QED) is 0.811. The van der Waals surface area contributed by atoms with Crippen LogP contribution in [0.25, 0.3) is 0 Å². The zero-order valence-electron chi connectivity index (χ0n) is 11.2. The molecule has 0 aromatic heterocycles. The van der Waals surface area contributed by atoms with E-state index in [4.69, 9.17) is 16.3 Å². The molecular formula is C15H13ClO4S. The molecule has 0 aliphatic rings. The summed E-state index contributed by atoms with van der Waals surface area (Å²) in [5.74, 6) is -0.509. The number of rotatable bonds is 4. The van der Waals surface area contributed by atoms with Crippen LogP contribution in [0, 0.1) is 0 Å². The predicted molar refractivity (Wildman–Crippen MR) is 80.1 cm³/mol. The van der Waals surface area contributed by atoms with Crippen LogP contribution in [0.15, 0.2) is 53.4 Å². The molecule has 0 radical (unpaired) electrons. The van der Waals surface area contributed by atoms with Crippen molar-refractivity contribution in [3.63, 3.8) is 0 Å². The molecule has 0 atom stereocenters. The molecule has 0 spiro atoms.